The van der Waals surface area contributed by atoms with Gasteiger partial charge in [-0.05, 0) is 55.4 Å². The van der Waals surface area contributed by atoms with E-state index in [0.717, 1.165) is 11.8 Å². The molecule has 0 spiro atoms. The first-order chi connectivity index (χ1) is 14.7. The number of hydrogen-bond donors (Lipinski definition) is 2. The molecule has 1 unspecified atom stereocenters. The molecule has 3 aromatic rings. The van der Waals surface area contributed by atoms with Gasteiger partial charge in [0.25, 0.3) is 5.91 Å². The van der Waals surface area contributed by atoms with Crippen molar-refractivity contribution >= 4 is 22.8 Å². The molecule has 3 atom stereocenters. The Morgan fingerprint density at radius 3 is 2.45 bits per heavy atom. The van der Waals surface area contributed by atoms with Crippen LogP contribution < -0.4 is 5.32 Å². The number of aryl methyl sites for hydroxylation is 1. The highest BCUT2D eigenvalue weighted by atomic mass is 16.3. The maximum absolute atomic E-state index is 13.2. The highest BCUT2D eigenvalue weighted by Crippen LogP contribution is 2.55. The third-order valence-corrected chi connectivity index (χ3v) is 6.15. The third-order valence-electron chi connectivity index (χ3n) is 6.15. The molecular weight excluding hydrogens is 392 g/mol. The summed E-state index contributed by atoms with van der Waals surface area (Å²) in [5.74, 6) is 0.571. The van der Waals surface area contributed by atoms with Crippen LogP contribution in [0, 0.1) is 6.92 Å². The molecule has 162 valence electrons. The summed E-state index contributed by atoms with van der Waals surface area (Å²) >= 11 is 0. The summed E-state index contributed by atoms with van der Waals surface area (Å²) in [6.07, 6.45) is 1.08. The Kier molecular flexibility index (Phi) is 5.35. The number of likely N-dealkylation sites (N-methyl/N-ethyl adjacent to an activating group) is 1. The van der Waals surface area contributed by atoms with Gasteiger partial charge < -0.3 is 19.7 Å². The molecule has 0 saturated heterocycles. The lowest BCUT2D eigenvalue weighted by Gasteiger charge is -2.30. The highest BCUT2D eigenvalue weighted by molar-refractivity contribution is 6.09. The van der Waals surface area contributed by atoms with Crippen LogP contribution in [0.2, 0.25) is 0 Å². The van der Waals surface area contributed by atoms with Crippen LogP contribution in [-0.4, -0.2) is 48.1 Å². The number of furan rings is 1. The van der Waals surface area contributed by atoms with Crippen molar-refractivity contribution < 1.29 is 19.1 Å². The summed E-state index contributed by atoms with van der Waals surface area (Å²) in [5.41, 5.74) is 2.12. The van der Waals surface area contributed by atoms with E-state index in [1.165, 1.54) is 23.0 Å². The molecule has 1 fully saturated rings. The molecule has 2 N–H and O–H groups in total. The standard InChI is InChI=1S/C25H28N2O4/c1-15-22(23(29)26-25(2,14-28)24(30)27(3)4)20-12-17(10-11-21(20)31-15)19-13-18(19)16-8-6-5-7-9-16/h5-12,18-19,28H,13-14H2,1-4H3,(H,26,29)/t18-,19-,25?/m0/s1. The molecule has 6 heteroatoms. The molecule has 2 aromatic carbocycles. The fourth-order valence-electron chi connectivity index (χ4n) is 4.35. The van der Waals surface area contributed by atoms with Gasteiger partial charge in [0.1, 0.15) is 16.9 Å². The minimum atomic E-state index is -1.41. The van der Waals surface area contributed by atoms with Gasteiger partial charge in [0.2, 0.25) is 5.91 Å². The number of fused-ring (bicyclic) bond motifs is 1. The average molecular weight is 421 g/mol. The van der Waals surface area contributed by atoms with Crippen molar-refractivity contribution in [3.05, 3.63) is 71.0 Å². The van der Waals surface area contributed by atoms with E-state index in [9.17, 15) is 14.7 Å². The molecule has 1 aliphatic rings. The van der Waals surface area contributed by atoms with E-state index in [1.807, 2.05) is 18.2 Å². The SMILES string of the molecule is Cc1oc2ccc([C@@H]3C[C@H]3c3ccccc3)cc2c1C(=O)NC(C)(CO)C(=O)N(C)C. The lowest BCUT2D eigenvalue weighted by atomic mass is 9.99. The summed E-state index contributed by atoms with van der Waals surface area (Å²) in [5, 5.41) is 13.3. The van der Waals surface area contributed by atoms with E-state index in [4.69, 9.17) is 4.42 Å². The zero-order valence-electron chi connectivity index (χ0n) is 18.3. The van der Waals surface area contributed by atoms with Crippen molar-refractivity contribution in [3.8, 4) is 0 Å². The highest BCUT2D eigenvalue weighted by Gasteiger charge is 2.40. The first kappa shape index (κ1) is 21.1. The summed E-state index contributed by atoms with van der Waals surface area (Å²) in [6, 6.07) is 16.4. The second-order valence-corrected chi connectivity index (χ2v) is 8.79. The molecule has 0 radical (unpaired) electrons. The number of nitrogens with one attached hydrogen (secondary N) is 1. The summed E-state index contributed by atoms with van der Waals surface area (Å²) < 4.78 is 5.82. The van der Waals surface area contributed by atoms with E-state index in [2.05, 4.69) is 35.6 Å². The van der Waals surface area contributed by atoms with Crippen LogP contribution in [0.15, 0.2) is 52.9 Å². The molecule has 0 aliphatic heterocycles. The van der Waals surface area contributed by atoms with Gasteiger partial charge in [-0.3, -0.25) is 9.59 Å². The first-order valence-corrected chi connectivity index (χ1v) is 10.5. The monoisotopic (exact) mass is 420 g/mol. The maximum atomic E-state index is 13.2. The van der Waals surface area contributed by atoms with Gasteiger partial charge in [0.15, 0.2) is 0 Å². The predicted molar refractivity (Wildman–Crippen MR) is 119 cm³/mol. The largest absolute Gasteiger partial charge is 0.461 e. The van der Waals surface area contributed by atoms with E-state index in [0.29, 0.717) is 28.7 Å². The number of hydrogen-bond acceptors (Lipinski definition) is 4. The molecule has 0 bridgehead atoms. The molecule has 1 heterocycles. The minimum Gasteiger partial charge on any atom is -0.461 e. The Morgan fingerprint density at radius 2 is 1.81 bits per heavy atom. The number of aliphatic hydroxyl groups is 1. The Bertz CT molecular complexity index is 1140. The number of rotatable bonds is 6. The van der Waals surface area contributed by atoms with Crippen LogP contribution in [0.1, 0.15) is 52.4 Å². The van der Waals surface area contributed by atoms with Crippen molar-refractivity contribution in [1.29, 1.82) is 0 Å². The Hall–Kier alpha value is -3.12. The number of carbonyl (C=O) groups is 2. The number of benzene rings is 2. The number of aliphatic hydroxyl groups excluding tert-OH is 1. The van der Waals surface area contributed by atoms with E-state index >= 15 is 0 Å². The van der Waals surface area contributed by atoms with Crippen molar-refractivity contribution in [2.45, 2.75) is 37.6 Å². The lowest BCUT2D eigenvalue weighted by molar-refractivity contribution is -0.136. The zero-order chi connectivity index (χ0) is 22.3. The van der Waals surface area contributed by atoms with Crippen molar-refractivity contribution in [1.82, 2.24) is 10.2 Å². The van der Waals surface area contributed by atoms with Crippen LogP contribution in [0.5, 0.6) is 0 Å². The van der Waals surface area contributed by atoms with Gasteiger partial charge in [0, 0.05) is 19.5 Å². The molecule has 6 nitrogen and oxygen atoms in total. The number of nitrogens with zero attached hydrogens (tertiary/aromatic N) is 1. The summed E-state index contributed by atoms with van der Waals surface area (Å²) in [6.45, 7) is 2.75. The van der Waals surface area contributed by atoms with Crippen LogP contribution in [0.4, 0.5) is 0 Å². The molecular formula is C25H28N2O4. The Morgan fingerprint density at radius 1 is 1.13 bits per heavy atom. The van der Waals surface area contributed by atoms with Crippen molar-refractivity contribution in [2.75, 3.05) is 20.7 Å². The van der Waals surface area contributed by atoms with Crippen LogP contribution in [0.25, 0.3) is 11.0 Å². The molecule has 2 amide bonds. The van der Waals surface area contributed by atoms with E-state index in [1.54, 1.807) is 21.0 Å². The number of carbonyl (C=O) groups excluding carboxylic acids is 2. The molecule has 4 rings (SSSR count). The minimum absolute atomic E-state index is 0.377. The smallest absolute Gasteiger partial charge is 0.256 e. The second kappa shape index (κ2) is 7.85. The van der Waals surface area contributed by atoms with Crippen LogP contribution in [-0.2, 0) is 4.79 Å². The number of amides is 2. The molecule has 1 aliphatic carbocycles. The van der Waals surface area contributed by atoms with Crippen LogP contribution >= 0.6 is 0 Å². The van der Waals surface area contributed by atoms with Crippen molar-refractivity contribution in [2.24, 2.45) is 0 Å². The summed E-state index contributed by atoms with van der Waals surface area (Å²) in [4.78, 5) is 27.0. The topological polar surface area (TPSA) is 82.8 Å². The Balaban J connectivity index is 1.64. The van der Waals surface area contributed by atoms with Crippen LogP contribution in [0.3, 0.4) is 0 Å². The quantitative estimate of drug-likeness (QED) is 0.639. The second-order valence-electron chi connectivity index (χ2n) is 8.79. The van der Waals surface area contributed by atoms with Gasteiger partial charge >= 0.3 is 0 Å². The third kappa shape index (κ3) is 3.83. The summed E-state index contributed by atoms with van der Waals surface area (Å²) in [7, 11) is 3.18. The van der Waals surface area contributed by atoms with Crippen molar-refractivity contribution in [3.63, 3.8) is 0 Å². The average Bonchev–Trinajstić information content (AvgIpc) is 3.49. The molecule has 1 saturated carbocycles. The zero-order valence-corrected chi connectivity index (χ0v) is 18.3. The van der Waals surface area contributed by atoms with Gasteiger partial charge in [-0.25, -0.2) is 0 Å². The predicted octanol–water partition coefficient (Wildman–Crippen LogP) is 3.58. The van der Waals surface area contributed by atoms with E-state index < -0.39 is 18.1 Å². The normalized spacial score (nSPS) is 19.6. The van der Waals surface area contributed by atoms with Gasteiger partial charge in [-0.15, -0.1) is 0 Å². The van der Waals surface area contributed by atoms with Gasteiger partial charge in [0.05, 0.1) is 12.2 Å². The van der Waals surface area contributed by atoms with Gasteiger partial charge in [-0.2, -0.15) is 0 Å². The first-order valence-electron chi connectivity index (χ1n) is 10.5. The fourth-order valence-corrected chi connectivity index (χ4v) is 4.35. The molecule has 31 heavy (non-hydrogen) atoms. The Labute approximate surface area is 181 Å². The lowest BCUT2D eigenvalue weighted by Crippen LogP contribution is -2.58. The van der Waals surface area contributed by atoms with E-state index in [-0.39, 0.29) is 5.91 Å². The maximum Gasteiger partial charge on any atom is 0.256 e. The fraction of sp³-hybridized carbons (Fsp3) is 0.360. The van der Waals surface area contributed by atoms with Gasteiger partial charge in [-0.1, -0.05) is 36.4 Å². The molecule has 1 aromatic heterocycles.